The predicted molar refractivity (Wildman–Crippen MR) is 74.7 cm³/mol. The van der Waals surface area contributed by atoms with Gasteiger partial charge in [0, 0.05) is 10.1 Å². The molecule has 0 fully saturated rings. The van der Waals surface area contributed by atoms with Crippen molar-refractivity contribution in [2.45, 2.75) is 6.61 Å². The van der Waals surface area contributed by atoms with Gasteiger partial charge in [-0.1, -0.05) is 29.8 Å². The second kappa shape index (κ2) is 5.07. The van der Waals surface area contributed by atoms with Gasteiger partial charge in [0.1, 0.15) is 6.61 Å². The Morgan fingerprint density at radius 1 is 1.26 bits per heavy atom. The zero-order valence-electron chi connectivity index (χ0n) is 9.76. The zero-order chi connectivity index (χ0) is 13.2. The molecule has 0 aliphatic carbocycles. The van der Waals surface area contributed by atoms with E-state index in [-0.39, 0.29) is 12.4 Å². The molecule has 0 aliphatic rings. The van der Waals surface area contributed by atoms with Crippen LogP contribution in [0.2, 0.25) is 5.02 Å². The number of esters is 1. The molecule has 0 amide bonds. The molecule has 0 spiro atoms. The molecule has 3 aromatic rings. The Morgan fingerprint density at radius 3 is 2.84 bits per heavy atom. The van der Waals surface area contributed by atoms with Crippen molar-refractivity contribution in [3.63, 3.8) is 0 Å². The van der Waals surface area contributed by atoms with Gasteiger partial charge in [0.2, 0.25) is 5.76 Å². The van der Waals surface area contributed by atoms with Crippen molar-refractivity contribution in [1.29, 1.82) is 0 Å². The Hall–Kier alpha value is -1.78. The SMILES string of the molecule is O=C(OCc1sc2ccccc2c1Cl)c1ccco1. The first-order chi connectivity index (χ1) is 9.25. The van der Waals surface area contributed by atoms with Gasteiger partial charge < -0.3 is 9.15 Å². The first-order valence-corrected chi connectivity index (χ1v) is 6.81. The van der Waals surface area contributed by atoms with E-state index in [1.165, 1.54) is 17.6 Å². The highest BCUT2D eigenvalue weighted by Crippen LogP contribution is 2.35. The summed E-state index contributed by atoms with van der Waals surface area (Å²) in [5.41, 5.74) is 0. The van der Waals surface area contributed by atoms with Crippen LogP contribution in [0.5, 0.6) is 0 Å². The highest BCUT2D eigenvalue weighted by molar-refractivity contribution is 7.19. The van der Waals surface area contributed by atoms with Gasteiger partial charge in [-0.3, -0.25) is 0 Å². The van der Waals surface area contributed by atoms with E-state index in [0.717, 1.165) is 15.0 Å². The summed E-state index contributed by atoms with van der Waals surface area (Å²) in [6, 6.07) is 11.0. The molecule has 19 heavy (non-hydrogen) atoms. The van der Waals surface area contributed by atoms with E-state index in [0.29, 0.717) is 5.02 Å². The van der Waals surface area contributed by atoms with Crippen LogP contribution >= 0.6 is 22.9 Å². The molecule has 3 rings (SSSR count). The molecule has 0 aliphatic heterocycles. The fourth-order valence-corrected chi connectivity index (χ4v) is 3.16. The standard InChI is InChI=1S/C14H9ClO3S/c15-13-9-4-1-2-6-11(9)19-12(13)8-18-14(16)10-5-3-7-17-10/h1-7H,8H2. The normalized spacial score (nSPS) is 10.8. The maximum absolute atomic E-state index is 11.7. The van der Waals surface area contributed by atoms with Crippen molar-refractivity contribution in [3.05, 3.63) is 58.3 Å². The minimum absolute atomic E-state index is 0.151. The topological polar surface area (TPSA) is 39.4 Å². The van der Waals surface area contributed by atoms with Crippen LogP contribution in [-0.2, 0) is 11.3 Å². The average Bonchev–Trinajstić information content (AvgIpc) is 3.05. The number of hydrogen-bond acceptors (Lipinski definition) is 4. The molecule has 0 radical (unpaired) electrons. The third-order valence-electron chi connectivity index (χ3n) is 2.66. The maximum Gasteiger partial charge on any atom is 0.374 e. The monoisotopic (exact) mass is 292 g/mol. The van der Waals surface area contributed by atoms with Gasteiger partial charge in [-0.05, 0) is 18.2 Å². The lowest BCUT2D eigenvalue weighted by atomic mass is 10.2. The molecule has 2 aromatic heterocycles. The second-order valence-corrected chi connectivity index (χ2v) is 5.40. The Morgan fingerprint density at radius 2 is 2.11 bits per heavy atom. The highest BCUT2D eigenvalue weighted by Gasteiger charge is 2.14. The summed E-state index contributed by atoms with van der Waals surface area (Å²) in [6.07, 6.45) is 1.43. The number of furan rings is 1. The Labute approximate surface area is 118 Å². The quantitative estimate of drug-likeness (QED) is 0.667. The molecule has 0 N–H and O–H groups in total. The molecule has 5 heteroatoms. The molecule has 96 valence electrons. The zero-order valence-corrected chi connectivity index (χ0v) is 11.3. The third kappa shape index (κ3) is 2.37. The number of ether oxygens (including phenoxy) is 1. The molecular formula is C14H9ClO3S. The smallest absolute Gasteiger partial charge is 0.374 e. The Balaban J connectivity index is 1.79. The van der Waals surface area contributed by atoms with Crippen molar-refractivity contribution in [2.75, 3.05) is 0 Å². The van der Waals surface area contributed by atoms with Crippen molar-refractivity contribution in [1.82, 2.24) is 0 Å². The van der Waals surface area contributed by atoms with Gasteiger partial charge in [0.05, 0.1) is 16.2 Å². The van der Waals surface area contributed by atoms with E-state index in [9.17, 15) is 4.79 Å². The fourth-order valence-electron chi connectivity index (χ4n) is 1.75. The average molecular weight is 293 g/mol. The fraction of sp³-hybridized carbons (Fsp3) is 0.0714. The first-order valence-electron chi connectivity index (χ1n) is 5.62. The lowest BCUT2D eigenvalue weighted by Gasteiger charge is -2.00. The highest BCUT2D eigenvalue weighted by atomic mass is 35.5. The summed E-state index contributed by atoms with van der Waals surface area (Å²) in [5.74, 6) is -0.296. The van der Waals surface area contributed by atoms with Gasteiger partial charge in [-0.15, -0.1) is 11.3 Å². The lowest BCUT2D eigenvalue weighted by Crippen LogP contribution is -2.03. The largest absolute Gasteiger partial charge is 0.457 e. The number of rotatable bonds is 3. The summed E-state index contributed by atoms with van der Waals surface area (Å²) < 4.78 is 11.2. The maximum atomic E-state index is 11.7. The Bertz CT molecular complexity index is 715. The molecule has 3 nitrogen and oxygen atoms in total. The van der Waals surface area contributed by atoms with Crippen LogP contribution in [0, 0.1) is 0 Å². The number of carbonyl (C=O) groups excluding carboxylic acids is 1. The number of carbonyl (C=O) groups is 1. The minimum atomic E-state index is -0.487. The summed E-state index contributed by atoms with van der Waals surface area (Å²) in [5, 5.41) is 1.63. The predicted octanol–water partition coefficient (Wildman–Crippen LogP) is 4.50. The minimum Gasteiger partial charge on any atom is -0.457 e. The van der Waals surface area contributed by atoms with E-state index in [2.05, 4.69) is 0 Å². The summed E-state index contributed by atoms with van der Waals surface area (Å²) in [4.78, 5) is 12.5. The van der Waals surface area contributed by atoms with E-state index < -0.39 is 5.97 Å². The first kappa shape index (κ1) is 12.3. The number of hydrogen-bond donors (Lipinski definition) is 0. The summed E-state index contributed by atoms with van der Waals surface area (Å²) >= 11 is 7.78. The summed E-state index contributed by atoms with van der Waals surface area (Å²) in [7, 11) is 0. The van der Waals surface area contributed by atoms with Gasteiger partial charge in [-0.25, -0.2) is 4.79 Å². The van der Waals surface area contributed by atoms with Gasteiger partial charge in [-0.2, -0.15) is 0 Å². The molecule has 0 bridgehead atoms. The van der Waals surface area contributed by atoms with Gasteiger partial charge in [0.15, 0.2) is 0 Å². The van der Waals surface area contributed by atoms with Crippen LogP contribution in [0.25, 0.3) is 10.1 Å². The second-order valence-electron chi connectivity index (χ2n) is 3.89. The number of thiophene rings is 1. The third-order valence-corrected chi connectivity index (χ3v) is 4.35. The molecule has 2 heterocycles. The molecule has 1 aromatic carbocycles. The van der Waals surface area contributed by atoms with Crippen LogP contribution < -0.4 is 0 Å². The van der Waals surface area contributed by atoms with Crippen LogP contribution in [0.4, 0.5) is 0 Å². The van der Waals surface area contributed by atoms with Gasteiger partial charge >= 0.3 is 5.97 Å². The van der Waals surface area contributed by atoms with Gasteiger partial charge in [0.25, 0.3) is 0 Å². The van der Waals surface area contributed by atoms with Crippen LogP contribution in [0.15, 0.2) is 47.1 Å². The molecule has 0 atom stereocenters. The van der Waals surface area contributed by atoms with Crippen LogP contribution in [0.3, 0.4) is 0 Å². The van der Waals surface area contributed by atoms with E-state index in [1.807, 2.05) is 24.3 Å². The van der Waals surface area contributed by atoms with E-state index in [1.54, 1.807) is 12.1 Å². The number of fused-ring (bicyclic) bond motifs is 1. The summed E-state index contributed by atoms with van der Waals surface area (Å²) in [6.45, 7) is 0.151. The Kier molecular flexibility index (Phi) is 3.27. The van der Waals surface area contributed by atoms with Crippen molar-refractivity contribution < 1.29 is 13.9 Å². The van der Waals surface area contributed by atoms with Crippen LogP contribution in [0.1, 0.15) is 15.4 Å². The lowest BCUT2D eigenvalue weighted by molar-refractivity contribution is 0.0440. The molecular weight excluding hydrogens is 284 g/mol. The van der Waals surface area contributed by atoms with Crippen molar-refractivity contribution >= 4 is 39.0 Å². The molecule has 0 saturated heterocycles. The number of benzene rings is 1. The molecule has 0 saturated carbocycles. The van der Waals surface area contributed by atoms with Crippen molar-refractivity contribution in [3.8, 4) is 0 Å². The van der Waals surface area contributed by atoms with Crippen molar-refractivity contribution in [2.24, 2.45) is 0 Å². The number of halogens is 1. The molecule has 0 unspecified atom stereocenters. The van der Waals surface area contributed by atoms with E-state index in [4.69, 9.17) is 20.8 Å². The van der Waals surface area contributed by atoms with E-state index >= 15 is 0 Å². The van der Waals surface area contributed by atoms with Crippen LogP contribution in [-0.4, -0.2) is 5.97 Å².